The van der Waals surface area contributed by atoms with Crippen molar-refractivity contribution in [3.8, 4) is 0 Å². The summed E-state index contributed by atoms with van der Waals surface area (Å²) in [5, 5.41) is 6.06. The fourth-order valence-corrected chi connectivity index (χ4v) is 2.12. The van der Waals surface area contributed by atoms with Crippen molar-refractivity contribution in [3.05, 3.63) is 30.1 Å². The molecule has 1 heterocycles. The highest BCUT2D eigenvalue weighted by molar-refractivity contribution is 5.78. The average Bonchev–Trinajstić information content (AvgIpc) is 2.39. The number of hydrogen-bond acceptors (Lipinski definition) is 3. The Labute approximate surface area is 116 Å². The topological polar surface area (TPSA) is 54.0 Å². The van der Waals surface area contributed by atoms with Crippen molar-refractivity contribution in [2.45, 2.75) is 26.7 Å². The lowest BCUT2D eigenvalue weighted by Gasteiger charge is -2.22. The third-order valence-corrected chi connectivity index (χ3v) is 3.37. The van der Waals surface area contributed by atoms with E-state index in [2.05, 4.69) is 35.5 Å². The zero-order valence-electron chi connectivity index (χ0n) is 12.3. The SMILES string of the molecule is CNCC(C)C(=O)NCC(c1cccnc1)C(C)C. The number of rotatable bonds is 7. The summed E-state index contributed by atoms with van der Waals surface area (Å²) in [6, 6.07) is 4.01. The first-order valence-corrected chi connectivity index (χ1v) is 6.88. The molecule has 0 fully saturated rings. The fourth-order valence-electron chi connectivity index (χ4n) is 2.12. The van der Waals surface area contributed by atoms with Crippen molar-refractivity contribution in [1.82, 2.24) is 15.6 Å². The molecular formula is C15H25N3O. The number of pyridine rings is 1. The maximum Gasteiger partial charge on any atom is 0.224 e. The van der Waals surface area contributed by atoms with Crippen LogP contribution in [-0.4, -0.2) is 31.0 Å². The Hall–Kier alpha value is -1.42. The molecule has 0 spiro atoms. The smallest absolute Gasteiger partial charge is 0.224 e. The van der Waals surface area contributed by atoms with Gasteiger partial charge in [-0.15, -0.1) is 0 Å². The van der Waals surface area contributed by atoms with Crippen LogP contribution in [0.15, 0.2) is 24.5 Å². The van der Waals surface area contributed by atoms with Gasteiger partial charge in [0.1, 0.15) is 0 Å². The molecule has 1 aromatic rings. The van der Waals surface area contributed by atoms with Gasteiger partial charge < -0.3 is 10.6 Å². The molecule has 0 aliphatic heterocycles. The number of carbonyl (C=O) groups is 1. The van der Waals surface area contributed by atoms with Gasteiger partial charge in [-0.1, -0.05) is 26.8 Å². The van der Waals surface area contributed by atoms with Gasteiger partial charge in [0.2, 0.25) is 5.91 Å². The Kier molecular flexibility index (Phi) is 6.50. The zero-order chi connectivity index (χ0) is 14.3. The minimum Gasteiger partial charge on any atom is -0.355 e. The molecule has 4 nitrogen and oxygen atoms in total. The van der Waals surface area contributed by atoms with Crippen LogP contribution in [0.5, 0.6) is 0 Å². The second-order valence-electron chi connectivity index (χ2n) is 5.34. The van der Waals surface area contributed by atoms with E-state index in [1.165, 1.54) is 5.56 Å². The summed E-state index contributed by atoms with van der Waals surface area (Å²) in [7, 11) is 1.86. The van der Waals surface area contributed by atoms with Gasteiger partial charge >= 0.3 is 0 Å². The summed E-state index contributed by atoms with van der Waals surface area (Å²) >= 11 is 0. The first kappa shape index (κ1) is 15.6. The third-order valence-electron chi connectivity index (χ3n) is 3.37. The first-order chi connectivity index (χ1) is 9.06. The van der Waals surface area contributed by atoms with Crippen LogP contribution in [0.3, 0.4) is 0 Å². The van der Waals surface area contributed by atoms with Gasteiger partial charge in [-0.05, 0) is 24.6 Å². The molecule has 2 unspecified atom stereocenters. The summed E-state index contributed by atoms with van der Waals surface area (Å²) in [5.41, 5.74) is 1.18. The molecule has 1 amide bonds. The lowest BCUT2D eigenvalue weighted by molar-refractivity contribution is -0.124. The van der Waals surface area contributed by atoms with E-state index in [-0.39, 0.29) is 11.8 Å². The van der Waals surface area contributed by atoms with Crippen molar-refractivity contribution in [3.63, 3.8) is 0 Å². The van der Waals surface area contributed by atoms with Crippen LogP contribution in [0.1, 0.15) is 32.3 Å². The Morgan fingerprint density at radius 1 is 1.32 bits per heavy atom. The van der Waals surface area contributed by atoms with Gasteiger partial charge in [-0.2, -0.15) is 0 Å². The van der Waals surface area contributed by atoms with Gasteiger partial charge in [0, 0.05) is 37.3 Å². The number of amides is 1. The molecule has 1 rings (SSSR count). The number of hydrogen-bond donors (Lipinski definition) is 2. The van der Waals surface area contributed by atoms with E-state index in [0.717, 1.165) is 0 Å². The highest BCUT2D eigenvalue weighted by Gasteiger charge is 2.18. The van der Waals surface area contributed by atoms with E-state index >= 15 is 0 Å². The van der Waals surface area contributed by atoms with E-state index in [4.69, 9.17) is 0 Å². The van der Waals surface area contributed by atoms with Crippen molar-refractivity contribution in [1.29, 1.82) is 0 Å². The second-order valence-corrected chi connectivity index (χ2v) is 5.34. The summed E-state index contributed by atoms with van der Waals surface area (Å²) in [4.78, 5) is 16.1. The van der Waals surface area contributed by atoms with Crippen molar-refractivity contribution < 1.29 is 4.79 Å². The van der Waals surface area contributed by atoms with E-state index in [0.29, 0.717) is 24.9 Å². The minimum absolute atomic E-state index is 0.00768. The lowest BCUT2D eigenvalue weighted by Crippen LogP contribution is -2.37. The van der Waals surface area contributed by atoms with Crippen molar-refractivity contribution in [2.24, 2.45) is 11.8 Å². The standard InChI is InChI=1S/C15H25N3O/c1-11(2)14(13-6-5-7-17-9-13)10-18-15(19)12(3)8-16-4/h5-7,9,11-12,14,16H,8,10H2,1-4H3,(H,18,19). The van der Waals surface area contributed by atoms with Crippen LogP contribution in [0.2, 0.25) is 0 Å². The van der Waals surface area contributed by atoms with E-state index in [1.807, 2.05) is 26.2 Å². The molecule has 0 radical (unpaired) electrons. The Balaban J connectivity index is 2.59. The average molecular weight is 263 g/mol. The minimum atomic E-state index is -0.00768. The molecule has 2 atom stereocenters. The van der Waals surface area contributed by atoms with Crippen LogP contribution in [-0.2, 0) is 4.79 Å². The molecule has 106 valence electrons. The van der Waals surface area contributed by atoms with Crippen LogP contribution in [0, 0.1) is 11.8 Å². The van der Waals surface area contributed by atoms with Gasteiger partial charge in [0.15, 0.2) is 0 Å². The molecule has 19 heavy (non-hydrogen) atoms. The molecule has 0 bridgehead atoms. The number of nitrogens with zero attached hydrogens (tertiary/aromatic N) is 1. The van der Waals surface area contributed by atoms with Crippen molar-refractivity contribution >= 4 is 5.91 Å². The molecule has 0 saturated heterocycles. The Bertz CT molecular complexity index is 378. The van der Waals surface area contributed by atoms with Crippen LogP contribution < -0.4 is 10.6 Å². The first-order valence-electron chi connectivity index (χ1n) is 6.88. The van der Waals surface area contributed by atoms with Gasteiger partial charge in [-0.25, -0.2) is 0 Å². The van der Waals surface area contributed by atoms with E-state index in [1.54, 1.807) is 6.20 Å². The molecule has 2 N–H and O–H groups in total. The summed E-state index contributed by atoms with van der Waals surface area (Å²) in [6.45, 7) is 7.63. The monoisotopic (exact) mass is 263 g/mol. The molecule has 4 heteroatoms. The molecular weight excluding hydrogens is 238 g/mol. The second kappa shape index (κ2) is 7.89. The van der Waals surface area contributed by atoms with Crippen molar-refractivity contribution in [2.75, 3.05) is 20.1 Å². The highest BCUT2D eigenvalue weighted by Crippen LogP contribution is 2.22. The van der Waals surface area contributed by atoms with E-state index in [9.17, 15) is 4.79 Å². The Morgan fingerprint density at radius 3 is 2.58 bits per heavy atom. The molecule has 1 aromatic heterocycles. The maximum atomic E-state index is 11.9. The number of carbonyl (C=O) groups excluding carboxylic acids is 1. The third kappa shape index (κ3) is 4.99. The predicted molar refractivity (Wildman–Crippen MR) is 77.9 cm³/mol. The largest absolute Gasteiger partial charge is 0.355 e. The van der Waals surface area contributed by atoms with Gasteiger partial charge in [0.05, 0.1) is 0 Å². The molecule has 0 saturated carbocycles. The normalized spacial score (nSPS) is 14.2. The van der Waals surface area contributed by atoms with E-state index < -0.39 is 0 Å². The summed E-state index contributed by atoms with van der Waals surface area (Å²) < 4.78 is 0. The highest BCUT2D eigenvalue weighted by atomic mass is 16.1. The molecule has 0 aromatic carbocycles. The Morgan fingerprint density at radius 2 is 2.05 bits per heavy atom. The molecule has 0 aliphatic carbocycles. The van der Waals surface area contributed by atoms with Crippen LogP contribution in [0.4, 0.5) is 0 Å². The summed E-state index contributed by atoms with van der Waals surface area (Å²) in [6.07, 6.45) is 3.66. The summed E-state index contributed by atoms with van der Waals surface area (Å²) in [5.74, 6) is 0.860. The lowest BCUT2D eigenvalue weighted by atomic mass is 9.89. The predicted octanol–water partition coefficient (Wildman–Crippen LogP) is 1.79. The fraction of sp³-hybridized carbons (Fsp3) is 0.600. The van der Waals surface area contributed by atoms with Gasteiger partial charge in [-0.3, -0.25) is 9.78 Å². The maximum absolute atomic E-state index is 11.9. The van der Waals surface area contributed by atoms with Crippen LogP contribution in [0.25, 0.3) is 0 Å². The number of aromatic nitrogens is 1. The zero-order valence-corrected chi connectivity index (χ0v) is 12.3. The van der Waals surface area contributed by atoms with Crippen LogP contribution >= 0.6 is 0 Å². The quantitative estimate of drug-likeness (QED) is 0.788. The number of nitrogens with one attached hydrogen (secondary N) is 2. The molecule has 0 aliphatic rings. The van der Waals surface area contributed by atoms with Gasteiger partial charge in [0.25, 0.3) is 0 Å².